The van der Waals surface area contributed by atoms with Crippen LogP contribution in [0.3, 0.4) is 0 Å². The molecule has 3 unspecified atom stereocenters. The molecule has 2 fully saturated rings. The molecule has 4 nitrogen and oxygen atoms in total. The highest BCUT2D eigenvalue weighted by Crippen LogP contribution is 2.44. The minimum atomic E-state index is -0.572. The molecule has 25 heavy (non-hydrogen) atoms. The number of halogens is 1. The second kappa shape index (κ2) is 8.07. The highest BCUT2D eigenvalue weighted by atomic mass is 35.5. The summed E-state index contributed by atoms with van der Waals surface area (Å²) in [6.45, 7) is 4.39. The summed E-state index contributed by atoms with van der Waals surface area (Å²) < 4.78 is 6.96. The summed E-state index contributed by atoms with van der Waals surface area (Å²) in [5, 5.41) is 9.65. The molecule has 5 heteroatoms. The van der Waals surface area contributed by atoms with Gasteiger partial charge in [0.2, 0.25) is 0 Å². The Balaban J connectivity index is 0.00000225. The number of fused-ring (bicyclic) bond motifs is 2. The molecule has 0 radical (unpaired) electrons. The van der Waals surface area contributed by atoms with Crippen LogP contribution in [0.15, 0.2) is 30.3 Å². The quantitative estimate of drug-likeness (QED) is 0.582. The van der Waals surface area contributed by atoms with Crippen molar-refractivity contribution in [2.24, 2.45) is 0 Å². The maximum atomic E-state index is 12.6. The van der Waals surface area contributed by atoms with Crippen LogP contribution in [-0.4, -0.2) is 53.4 Å². The van der Waals surface area contributed by atoms with Gasteiger partial charge in [-0.05, 0) is 19.4 Å². The van der Waals surface area contributed by atoms with Gasteiger partial charge in [0.05, 0.1) is 31.8 Å². The number of rotatable bonds is 5. The molecule has 1 aromatic carbocycles. The van der Waals surface area contributed by atoms with E-state index in [4.69, 9.17) is 4.74 Å². The second-order valence-electron chi connectivity index (χ2n) is 7.88. The summed E-state index contributed by atoms with van der Waals surface area (Å²) in [7, 11) is 2.37. The largest absolute Gasteiger partial charge is 1.00 e. The molecule has 2 saturated heterocycles. The van der Waals surface area contributed by atoms with Crippen LogP contribution in [0, 0.1) is 0 Å². The molecule has 0 aliphatic carbocycles. The number of nitrogens with zero attached hydrogens (tertiary/aromatic N) is 1. The van der Waals surface area contributed by atoms with E-state index < -0.39 is 5.92 Å². The average molecular weight is 368 g/mol. The predicted molar refractivity (Wildman–Crippen MR) is 93.5 cm³/mol. The molecule has 3 atom stereocenters. The highest BCUT2D eigenvalue weighted by Gasteiger charge is 2.53. The fraction of sp³-hybridized carbons (Fsp3) is 0.650. The van der Waals surface area contributed by atoms with E-state index in [1.165, 1.54) is 12.8 Å². The van der Waals surface area contributed by atoms with E-state index in [1.54, 1.807) is 0 Å². The van der Waals surface area contributed by atoms with E-state index in [0.717, 1.165) is 22.9 Å². The summed E-state index contributed by atoms with van der Waals surface area (Å²) in [5.74, 6) is -0.856. The number of carbonyl (C=O) groups is 1. The number of ether oxygens (including phenoxy) is 1. The topological polar surface area (TPSA) is 46.5 Å². The first kappa shape index (κ1) is 20.2. The van der Waals surface area contributed by atoms with Crippen molar-refractivity contribution in [1.82, 2.24) is 0 Å². The van der Waals surface area contributed by atoms with Gasteiger partial charge < -0.3 is 26.7 Å². The Morgan fingerprint density at radius 3 is 2.24 bits per heavy atom. The van der Waals surface area contributed by atoms with Crippen LogP contribution >= 0.6 is 0 Å². The van der Waals surface area contributed by atoms with Crippen molar-refractivity contribution in [3.8, 4) is 0 Å². The molecular formula is C20H30ClNO3. The second-order valence-corrected chi connectivity index (χ2v) is 7.88. The fourth-order valence-electron chi connectivity index (χ4n) is 4.82. The van der Waals surface area contributed by atoms with E-state index in [2.05, 4.69) is 20.9 Å². The SMILES string of the molecule is CC(C)[N+]1(C)C2CCC1CC(OC(=O)C(CO)c1ccccc1)C2.[Cl-]. The number of aliphatic hydroxyl groups is 1. The Morgan fingerprint density at radius 1 is 1.20 bits per heavy atom. The van der Waals surface area contributed by atoms with Crippen LogP contribution in [0.5, 0.6) is 0 Å². The Morgan fingerprint density at radius 2 is 1.76 bits per heavy atom. The first-order valence-electron chi connectivity index (χ1n) is 9.18. The smallest absolute Gasteiger partial charge is 0.316 e. The third-order valence-corrected chi connectivity index (χ3v) is 6.54. The molecule has 2 bridgehead atoms. The predicted octanol–water partition coefficient (Wildman–Crippen LogP) is -0.142. The van der Waals surface area contributed by atoms with Gasteiger partial charge in [-0.15, -0.1) is 0 Å². The first-order valence-corrected chi connectivity index (χ1v) is 9.18. The van der Waals surface area contributed by atoms with Crippen LogP contribution in [-0.2, 0) is 9.53 Å². The van der Waals surface area contributed by atoms with Gasteiger partial charge in [0, 0.05) is 25.7 Å². The van der Waals surface area contributed by atoms with Crippen molar-refractivity contribution in [3.05, 3.63) is 35.9 Å². The Kier molecular flexibility index (Phi) is 6.52. The van der Waals surface area contributed by atoms with E-state index in [0.29, 0.717) is 18.1 Å². The lowest BCUT2D eigenvalue weighted by atomic mass is 9.94. The summed E-state index contributed by atoms with van der Waals surface area (Å²) in [6, 6.07) is 11.2. The lowest BCUT2D eigenvalue weighted by molar-refractivity contribution is -0.968. The van der Waals surface area contributed by atoms with Crippen LogP contribution in [0.4, 0.5) is 0 Å². The highest BCUT2D eigenvalue weighted by molar-refractivity contribution is 5.78. The van der Waals surface area contributed by atoms with Crippen molar-refractivity contribution >= 4 is 5.97 Å². The number of benzene rings is 1. The lowest BCUT2D eigenvalue weighted by Crippen LogP contribution is -3.00. The summed E-state index contributed by atoms with van der Waals surface area (Å²) in [5.41, 5.74) is 0.826. The number of esters is 1. The minimum Gasteiger partial charge on any atom is -1.00 e. The molecule has 2 heterocycles. The van der Waals surface area contributed by atoms with Crippen LogP contribution in [0.1, 0.15) is 51.0 Å². The van der Waals surface area contributed by atoms with Gasteiger partial charge >= 0.3 is 5.97 Å². The lowest BCUT2D eigenvalue weighted by Gasteiger charge is -2.49. The molecule has 0 amide bonds. The molecule has 0 spiro atoms. The molecule has 1 aromatic rings. The van der Waals surface area contributed by atoms with Crippen LogP contribution in [0.25, 0.3) is 0 Å². The molecular weight excluding hydrogens is 338 g/mol. The van der Waals surface area contributed by atoms with Gasteiger partial charge in [-0.2, -0.15) is 0 Å². The standard InChI is InChI=1S/C20H30NO3.ClH/c1-14(2)21(3)16-9-10-17(21)12-18(11-16)24-20(23)19(13-22)15-7-5-4-6-8-15;/h4-8,14,16-19,22H,9-13H2,1-3H3;1H/q+1;/p-1. The van der Waals surface area contributed by atoms with Crippen molar-refractivity contribution in [3.63, 3.8) is 0 Å². The number of hydrogen-bond donors (Lipinski definition) is 1. The molecule has 3 rings (SSSR count). The summed E-state index contributed by atoms with van der Waals surface area (Å²) in [6.07, 6.45) is 4.36. The molecule has 140 valence electrons. The van der Waals surface area contributed by atoms with Gasteiger partial charge in [0.1, 0.15) is 12.0 Å². The Bertz CT molecular complexity index is 564. The van der Waals surface area contributed by atoms with E-state index in [-0.39, 0.29) is 31.1 Å². The monoisotopic (exact) mass is 367 g/mol. The zero-order valence-electron chi connectivity index (χ0n) is 15.4. The zero-order valence-corrected chi connectivity index (χ0v) is 16.2. The minimum absolute atomic E-state index is 0. The van der Waals surface area contributed by atoms with Gasteiger partial charge in [0.15, 0.2) is 0 Å². The van der Waals surface area contributed by atoms with Crippen LogP contribution in [0.2, 0.25) is 0 Å². The fourth-order valence-corrected chi connectivity index (χ4v) is 4.82. The molecule has 0 saturated carbocycles. The maximum absolute atomic E-state index is 12.6. The zero-order chi connectivity index (χ0) is 17.3. The first-order chi connectivity index (χ1) is 11.5. The van der Waals surface area contributed by atoms with Crippen LogP contribution < -0.4 is 12.4 Å². The van der Waals surface area contributed by atoms with Crippen molar-refractivity contribution in [2.45, 2.75) is 69.7 Å². The number of carbonyl (C=O) groups excluding carboxylic acids is 1. The third kappa shape index (κ3) is 3.71. The normalized spacial score (nSPS) is 32.1. The average Bonchev–Trinajstić information content (AvgIpc) is 2.74. The summed E-state index contributed by atoms with van der Waals surface area (Å²) >= 11 is 0. The van der Waals surface area contributed by atoms with Gasteiger partial charge in [-0.1, -0.05) is 30.3 Å². The number of piperidine rings is 1. The van der Waals surface area contributed by atoms with Gasteiger partial charge in [0.25, 0.3) is 0 Å². The summed E-state index contributed by atoms with van der Waals surface area (Å²) in [4.78, 5) is 12.6. The number of aliphatic hydroxyl groups excluding tert-OH is 1. The van der Waals surface area contributed by atoms with Crippen molar-refractivity contribution in [2.75, 3.05) is 13.7 Å². The maximum Gasteiger partial charge on any atom is 0.316 e. The van der Waals surface area contributed by atoms with Crippen molar-refractivity contribution < 1.29 is 31.5 Å². The number of quaternary nitrogens is 1. The van der Waals surface area contributed by atoms with Crippen molar-refractivity contribution in [1.29, 1.82) is 0 Å². The molecule has 2 aliphatic heterocycles. The van der Waals surface area contributed by atoms with Gasteiger partial charge in [-0.3, -0.25) is 4.79 Å². The number of hydrogen-bond acceptors (Lipinski definition) is 3. The van der Waals surface area contributed by atoms with E-state index >= 15 is 0 Å². The van der Waals surface area contributed by atoms with E-state index in [1.807, 2.05) is 30.3 Å². The molecule has 1 N–H and O–H groups in total. The van der Waals surface area contributed by atoms with E-state index in [9.17, 15) is 9.90 Å². The van der Waals surface area contributed by atoms with Gasteiger partial charge in [-0.25, -0.2) is 0 Å². The third-order valence-electron chi connectivity index (χ3n) is 6.54. The molecule has 2 aliphatic rings. The Hall–Kier alpha value is -1.10. The molecule has 0 aromatic heterocycles. The Labute approximate surface area is 157 Å².